The van der Waals surface area contributed by atoms with Gasteiger partial charge in [0, 0.05) is 26.0 Å². The Morgan fingerprint density at radius 3 is 2.64 bits per heavy atom. The summed E-state index contributed by atoms with van der Waals surface area (Å²) in [7, 11) is 3.40. The predicted octanol–water partition coefficient (Wildman–Crippen LogP) is 0.721. The van der Waals surface area contributed by atoms with Gasteiger partial charge in [0.1, 0.15) is 0 Å². The van der Waals surface area contributed by atoms with E-state index in [1.807, 2.05) is 6.92 Å². The summed E-state index contributed by atoms with van der Waals surface area (Å²) in [5.74, 6) is 0. The Balaban J connectivity index is 2.93. The van der Waals surface area contributed by atoms with Gasteiger partial charge in [-0.25, -0.2) is 4.79 Å². The molecule has 0 aromatic carbocycles. The second-order valence-corrected chi connectivity index (χ2v) is 2.56. The van der Waals surface area contributed by atoms with E-state index in [2.05, 4.69) is 5.10 Å². The van der Waals surface area contributed by atoms with Crippen molar-refractivity contribution in [3.63, 3.8) is 0 Å². The molecule has 4 nitrogen and oxygen atoms in total. The van der Waals surface area contributed by atoms with Crippen molar-refractivity contribution in [1.82, 2.24) is 14.7 Å². The average Bonchev–Trinajstić information content (AvgIpc) is 2.33. The van der Waals surface area contributed by atoms with Gasteiger partial charge in [0.25, 0.3) is 0 Å². The van der Waals surface area contributed by atoms with Gasteiger partial charge in [-0.3, -0.25) is 0 Å². The molecule has 0 aliphatic carbocycles. The zero-order valence-electron chi connectivity index (χ0n) is 6.90. The van der Waals surface area contributed by atoms with E-state index in [1.54, 1.807) is 26.4 Å². The van der Waals surface area contributed by atoms with Crippen LogP contribution in [0.25, 0.3) is 0 Å². The molecule has 1 heterocycles. The molecule has 0 atom stereocenters. The Kier molecular flexibility index (Phi) is 1.94. The third-order valence-corrected chi connectivity index (χ3v) is 1.40. The summed E-state index contributed by atoms with van der Waals surface area (Å²) in [6, 6.07) is 1.68. The van der Waals surface area contributed by atoms with E-state index in [1.165, 1.54) is 9.58 Å². The number of hydrogen-bond acceptors (Lipinski definition) is 2. The highest BCUT2D eigenvalue weighted by atomic mass is 16.2. The van der Waals surface area contributed by atoms with Crippen LogP contribution in [-0.4, -0.2) is 34.8 Å². The van der Waals surface area contributed by atoms with E-state index in [0.29, 0.717) is 0 Å². The number of hydrogen-bond donors (Lipinski definition) is 0. The lowest BCUT2D eigenvalue weighted by Gasteiger charge is -2.10. The molecule has 0 N–H and O–H groups in total. The lowest BCUT2D eigenvalue weighted by Crippen LogP contribution is -2.28. The molecular weight excluding hydrogens is 142 g/mol. The quantitative estimate of drug-likeness (QED) is 0.551. The van der Waals surface area contributed by atoms with Crippen LogP contribution in [0.15, 0.2) is 12.3 Å². The third kappa shape index (κ3) is 1.39. The molecule has 0 saturated carbocycles. The van der Waals surface area contributed by atoms with Crippen molar-refractivity contribution in [3.8, 4) is 0 Å². The minimum Gasteiger partial charge on any atom is -0.329 e. The second kappa shape index (κ2) is 2.74. The Hall–Kier alpha value is -1.32. The Morgan fingerprint density at radius 2 is 2.27 bits per heavy atom. The standard InChI is InChI=1S/C7H11N3O/c1-6-4-5-8-10(6)7(11)9(2)3/h4-5H,1-3H3. The van der Waals surface area contributed by atoms with Crippen LogP contribution in [-0.2, 0) is 0 Å². The molecule has 1 aromatic heterocycles. The first-order valence-electron chi connectivity index (χ1n) is 3.35. The largest absolute Gasteiger partial charge is 0.344 e. The van der Waals surface area contributed by atoms with E-state index in [-0.39, 0.29) is 6.03 Å². The summed E-state index contributed by atoms with van der Waals surface area (Å²) < 4.78 is 1.36. The summed E-state index contributed by atoms with van der Waals surface area (Å²) in [5, 5.41) is 3.86. The minimum absolute atomic E-state index is 0.118. The van der Waals surface area contributed by atoms with Gasteiger partial charge in [0.05, 0.1) is 0 Å². The van der Waals surface area contributed by atoms with Gasteiger partial charge in [0.15, 0.2) is 0 Å². The fourth-order valence-electron chi connectivity index (χ4n) is 0.759. The highest BCUT2D eigenvalue weighted by Crippen LogP contribution is 1.96. The molecule has 60 valence electrons. The van der Waals surface area contributed by atoms with Gasteiger partial charge in [-0.1, -0.05) is 0 Å². The molecule has 0 radical (unpaired) electrons. The molecule has 0 aliphatic heterocycles. The monoisotopic (exact) mass is 153 g/mol. The van der Waals surface area contributed by atoms with Crippen molar-refractivity contribution in [2.45, 2.75) is 6.92 Å². The lowest BCUT2D eigenvalue weighted by molar-refractivity contribution is 0.215. The fraction of sp³-hybridized carbons (Fsp3) is 0.429. The van der Waals surface area contributed by atoms with Crippen molar-refractivity contribution in [3.05, 3.63) is 18.0 Å². The van der Waals surface area contributed by atoms with Gasteiger partial charge < -0.3 is 4.90 Å². The van der Waals surface area contributed by atoms with E-state index < -0.39 is 0 Å². The molecule has 4 heteroatoms. The zero-order valence-corrected chi connectivity index (χ0v) is 6.90. The predicted molar refractivity (Wildman–Crippen MR) is 41.4 cm³/mol. The molecule has 0 fully saturated rings. The van der Waals surface area contributed by atoms with Crippen LogP contribution in [0.2, 0.25) is 0 Å². The molecule has 1 aromatic rings. The molecule has 0 spiro atoms. The van der Waals surface area contributed by atoms with Crippen LogP contribution in [0.1, 0.15) is 5.69 Å². The van der Waals surface area contributed by atoms with Crippen molar-refractivity contribution in [1.29, 1.82) is 0 Å². The number of carbonyl (C=O) groups excluding carboxylic acids is 1. The number of rotatable bonds is 0. The van der Waals surface area contributed by atoms with E-state index >= 15 is 0 Å². The molecular formula is C7H11N3O. The lowest BCUT2D eigenvalue weighted by atomic mass is 10.5. The van der Waals surface area contributed by atoms with Crippen LogP contribution >= 0.6 is 0 Å². The van der Waals surface area contributed by atoms with Gasteiger partial charge >= 0.3 is 6.03 Å². The van der Waals surface area contributed by atoms with Gasteiger partial charge in [-0.15, -0.1) is 0 Å². The number of carbonyl (C=O) groups is 1. The molecule has 0 bridgehead atoms. The summed E-state index contributed by atoms with van der Waals surface area (Å²) >= 11 is 0. The maximum atomic E-state index is 11.3. The van der Waals surface area contributed by atoms with Gasteiger partial charge in [0.2, 0.25) is 0 Å². The third-order valence-electron chi connectivity index (χ3n) is 1.40. The fourth-order valence-corrected chi connectivity index (χ4v) is 0.759. The van der Waals surface area contributed by atoms with E-state index in [9.17, 15) is 4.79 Å². The first-order chi connectivity index (χ1) is 5.13. The van der Waals surface area contributed by atoms with Crippen LogP contribution in [0.4, 0.5) is 4.79 Å². The molecule has 0 saturated heterocycles. The van der Waals surface area contributed by atoms with Crippen molar-refractivity contribution < 1.29 is 4.79 Å². The average molecular weight is 153 g/mol. The molecule has 1 rings (SSSR count). The van der Waals surface area contributed by atoms with Crippen LogP contribution in [0, 0.1) is 6.92 Å². The summed E-state index contributed by atoms with van der Waals surface area (Å²) in [4.78, 5) is 12.7. The van der Waals surface area contributed by atoms with E-state index in [0.717, 1.165) is 5.69 Å². The molecule has 1 amide bonds. The molecule has 0 unspecified atom stereocenters. The molecule has 0 aliphatic rings. The zero-order chi connectivity index (χ0) is 8.43. The number of nitrogens with zero attached hydrogens (tertiary/aromatic N) is 3. The summed E-state index contributed by atoms with van der Waals surface area (Å²) in [6.45, 7) is 1.84. The topological polar surface area (TPSA) is 38.1 Å². The highest BCUT2D eigenvalue weighted by molar-refractivity contribution is 5.75. The van der Waals surface area contributed by atoms with Crippen LogP contribution in [0.3, 0.4) is 0 Å². The number of amides is 1. The molecule has 11 heavy (non-hydrogen) atoms. The first kappa shape index (κ1) is 7.78. The number of aryl methyl sites for hydroxylation is 1. The van der Waals surface area contributed by atoms with Gasteiger partial charge in [-0.2, -0.15) is 9.78 Å². The van der Waals surface area contributed by atoms with Crippen molar-refractivity contribution >= 4 is 6.03 Å². The van der Waals surface area contributed by atoms with E-state index in [4.69, 9.17) is 0 Å². The van der Waals surface area contributed by atoms with Crippen molar-refractivity contribution in [2.75, 3.05) is 14.1 Å². The highest BCUT2D eigenvalue weighted by Gasteiger charge is 2.08. The summed E-state index contributed by atoms with van der Waals surface area (Å²) in [6.07, 6.45) is 1.61. The van der Waals surface area contributed by atoms with Crippen LogP contribution < -0.4 is 0 Å². The van der Waals surface area contributed by atoms with Crippen molar-refractivity contribution in [2.24, 2.45) is 0 Å². The smallest absolute Gasteiger partial charge is 0.329 e. The summed E-state index contributed by atoms with van der Waals surface area (Å²) in [5.41, 5.74) is 0.851. The maximum Gasteiger partial charge on any atom is 0.344 e. The second-order valence-electron chi connectivity index (χ2n) is 2.56. The normalized spacial score (nSPS) is 9.73. The Labute approximate surface area is 65.4 Å². The Morgan fingerprint density at radius 1 is 1.64 bits per heavy atom. The minimum atomic E-state index is -0.118. The number of aromatic nitrogens is 2. The van der Waals surface area contributed by atoms with Crippen LogP contribution in [0.5, 0.6) is 0 Å². The van der Waals surface area contributed by atoms with Gasteiger partial charge in [-0.05, 0) is 13.0 Å². The SMILES string of the molecule is Cc1ccnn1C(=O)N(C)C. The maximum absolute atomic E-state index is 11.3. The first-order valence-corrected chi connectivity index (χ1v) is 3.35. The Bertz CT molecular complexity index is 264.